The molecular weight excluding hydrogens is 326 g/mol. The van der Waals surface area contributed by atoms with Crippen molar-refractivity contribution in [2.45, 2.75) is 20.8 Å². The second-order valence-corrected chi connectivity index (χ2v) is 5.71. The van der Waals surface area contributed by atoms with Gasteiger partial charge in [0.25, 0.3) is 0 Å². The minimum absolute atomic E-state index is 0.299. The zero-order valence-electron chi connectivity index (χ0n) is 11.9. The summed E-state index contributed by atoms with van der Waals surface area (Å²) in [6, 6.07) is 3.47. The van der Waals surface area contributed by atoms with E-state index in [1.165, 1.54) is 7.11 Å². The number of aliphatic carboxylic acids is 1. The zero-order chi connectivity index (χ0) is 15.4. The number of halogens is 1. The maximum Gasteiger partial charge on any atom is 0.316 e. The molecule has 0 bridgehead atoms. The highest BCUT2D eigenvalue weighted by Gasteiger charge is 2.30. The molecule has 110 valence electrons. The quantitative estimate of drug-likeness (QED) is 0.805. The molecule has 20 heavy (non-hydrogen) atoms. The minimum atomic E-state index is -1.14. The van der Waals surface area contributed by atoms with Gasteiger partial charge in [0, 0.05) is 4.47 Å². The van der Waals surface area contributed by atoms with Crippen LogP contribution in [0.4, 0.5) is 5.69 Å². The van der Waals surface area contributed by atoms with Crippen LogP contribution in [0.3, 0.4) is 0 Å². The van der Waals surface area contributed by atoms with Crippen LogP contribution in [0.5, 0.6) is 5.75 Å². The highest BCUT2D eigenvalue weighted by Crippen LogP contribution is 2.31. The lowest BCUT2D eigenvalue weighted by atomic mass is 9.95. The summed E-state index contributed by atoms with van der Waals surface area (Å²) in [5, 5.41) is 11.7. The van der Waals surface area contributed by atoms with Crippen LogP contribution in [0.15, 0.2) is 16.6 Å². The number of anilines is 1. The Morgan fingerprint density at radius 2 is 1.95 bits per heavy atom. The van der Waals surface area contributed by atoms with Gasteiger partial charge in [0.15, 0.2) is 0 Å². The Bertz CT molecular complexity index is 528. The van der Waals surface area contributed by atoms with Gasteiger partial charge in [-0.25, -0.2) is 0 Å². The molecule has 0 aliphatic rings. The van der Waals surface area contributed by atoms with Crippen molar-refractivity contribution < 1.29 is 19.4 Å². The molecule has 1 aromatic rings. The lowest BCUT2D eigenvalue weighted by Crippen LogP contribution is -2.33. The van der Waals surface area contributed by atoms with E-state index in [-0.39, 0.29) is 5.92 Å². The lowest BCUT2D eigenvalue weighted by Gasteiger charge is -2.18. The largest absolute Gasteiger partial charge is 0.495 e. The van der Waals surface area contributed by atoms with E-state index in [4.69, 9.17) is 9.84 Å². The fraction of sp³-hybridized carbons (Fsp3) is 0.429. The van der Waals surface area contributed by atoms with Gasteiger partial charge in [-0.05, 0) is 30.5 Å². The fourth-order valence-corrected chi connectivity index (χ4v) is 2.18. The third-order valence-electron chi connectivity index (χ3n) is 2.95. The Morgan fingerprint density at radius 1 is 1.35 bits per heavy atom. The van der Waals surface area contributed by atoms with Crippen molar-refractivity contribution in [3.05, 3.63) is 22.2 Å². The van der Waals surface area contributed by atoms with Crippen molar-refractivity contribution in [2.75, 3.05) is 12.4 Å². The van der Waals surface area contributed by atoms with Gasteiger partial charge in [-0.1, -0.05) is 29.8 Å². The monoisotopic (exact) mass is 343 g/mol. The highest BCUT2D eigenvalue weighted by atomic mass is 79.9. The molecule has 0 aliphatic carbocycles. The molecule has 0 heterocycles. The molecule has 2 N–H and O–H groups in total. The number of carboxylic acids is 1. The average Bonchev–Trinajstić information content (AvgIpc) is 2.32. The smallest absolute Gasteiger partial charge is 0.316 e. The first kappa shape index (κ1) is 16.5. The van der Waals surface area contributed by atoms with Gasteiger partial charge in [0.05, 0.1) is 12.8 Å². The average molecular weight is 344 g/mol. The van der Waals surface area contributed by atoms with Gasteiger partial charge < -0.3 is 15.2 Å². The number of hydrogen-bond donors (Lipinski definition) is 2. The maximum absolute atomic E-state index is 12.1. The number of aryl methyl sites for hydroxylation is 1. The molecule has 0 fully saturated rings. The molecule has 1 rings (SSSR count). The second kappa shape index (κ2) is 6.74. The van der Waals surface area contributed by atoms with Gasteiger partial charge in [-0.2, -0.15) is 0 Å². The van der Waals surface area contributed by atoms with Crippen molar-refractivity contribution in [2.24, 2.45) is 11.8 Å². The van der Waals surface area contributed by atoms with Crippen LogP contribution >= 0.6 is 15.9 Å². The Balaban J connectivity index is 3.06. The topological polar surface area (TPSA) is 75.6 Å². The van der Waals surface area contributed by atoms with Gasteiger partial charge in [0.2, 0.25) is 5.91 Å². The molecule has 0 aromatic heterocycles. The number of carbonyl (C=O) groups is 2. The molecule has 1 aromatic carbocycles. The van der Waals surface area contributed by atoms with E-state index in [9.17, 15) is 9.59 Å². The zero-order valence-corrected chi connectivity index (χ0v) is 13.4. The molecule has 0 saturated heterocycles. The van der Waals surface area contributed by atoms with Gasteiger partial charge in [-0.15, -0.1) is 0 Å². The normalized spacial score (nSPS) is 12.1. The standard InChI is InChI=1S/C14H18BrNO4/c1-7(2)12(14(18)19)13(17)16-10-6-9(15)8(3)5-11(10)20-4/h5-7,12H,1-4H3,(H,16,17)(H,18,19). The van der Waals surface area contributed by atoms with E-state index in [0.717, 1.165) is 10.0 Å². The molecule has 0 aliphatic heterocycles. The van der Waals surface area contributed by atoms with Gasteiger partial charge in [-0.3, -0.25) is 9.59 Å². The van der Waals surface area contributed by atoms with E-state index in [1.807, 2.05) is 6.92 Å². The Morgan fingerprint density at radius 3 is 2.40 bits per heavy atom. The predicted molar refractivity (Wildman–Crippen MR) is 80.0 cm³/mol. The molecule has 0 saturated carbocycles. The Kier molecular flexibility index (Phi) is 5.56. The van der Waals surface area contributed by atoms with Gasteiger partial charge >= 0.3 is 5.97 Å². The SMILES string of the molecule is COc1cc(C)c(Br)cc1NC(=O)C(C(=O)O)C(C)C. The summed E-state index contributed by atoms with van der Waals surface area (Å²) in [5.74, 6) is -2.59. The van der Waals surface area contributed by atoms with Crippen LogP contribution in [0.2, 0.25) is 0 Å². The first-order valence-corrected chi connectivity index (χ1v) is 6.95. The van der Waals surface area contributed by atoms with E-state index >= 15 is 0 Å². The first-order chi connectivity index (χ1) is 9.27. The summed E-state index contributed by atoms with van der Waals surface area (Å²) < 4.78 is 6.01. The van der Waals surface area contributed by atoms with Crippen LogP contribution in [0.25, 0.3) is 0 Å². The van der Waals surface area contributed by atoms with Crippen LogP contribution in [-0.2, 0) is 9.59 Å². The van der Waals surface area contributed by atoms with Crippen molar-refractivity contribution in [3.8, 4) is 5.75 Å². The third-order valence-corrected chi connectivity index (χ3v) is 3.81. The number of hydrogen-bond acceptors (Lipinski definition) is 3. The molecule has 1 unspecified atom stereocenters. The van der Waals surface area contributed by atoms with E-state index < -0.39 is 17.8 Å². The fourth-order valence-electron chi connectivity index (χ4n) is 1.83. The van der Waals surface area contributed by atoms with Crippen LogP contribution < -0.4 is 10.1 Å². The number of rotatable bonds is 5. The summed E-state index contributed by atoms with van der Waals surface area (Å²) in [6.07, 6.45) is 0. The van der Waals surface area contributed by atoms with Crippen LogP contribution in [0, 0.1) is 18.8 Å². The van der Waals surface area contributed by atoms with E-state index in [2.05, 4.69) is 21.2 Å². The summed E-state index contributed by atoms with van der Waals surface area (Å²) in [4.78, 5) is 23.2. The number of amides is 1. The number of carboxylic acid groups (broad SMARTS) is 1. The second-order valence-electron chi connectivity index (χ2n) is 4.85. The van der Waals surface area contributed by atoms with Crippen molar-refractivity contribution >= 4 is 33.5 Å². The van der Waals surface area contributed by atoms with Crippen LogP contribution in [-0.4, -0.2) is 24.1 Å². The molecule has 0 radical (unpaired) electrons. The van der Waals surface area contributed by atoms with Gasteiger partial charge in [0.1, 0.15) is 11.7 Å². The highest BCUT2D eigenvalue weighted by molar-refractivity contribution is 9.10. The maximum atomic E-state index is 12.1. The number of ether oxygens (including phenoxy) is 1. The number of methoxy groups -OCH3 is 1. The van der Waals surface area contributed by atoms with Crippen molar-refractivity contribution in [3.63, 3.8) is 0 Å². The molecule has 6 heteroatoms. The number of nitrogens with one attached hydrogen (secondary N) is 1. The molecule has 5 nitrogen and oxygen atoms in total. The predicted octanol–water partition coefficient (Wildman–Crippen LogP) is 3.06. The third kappa shape index (κ3) is 3.72. The van der Waals surface area contributed by atoms with E-state index in [1.54, 1.807) is 26.0 Å². The summed E-state index contributed by atoms with van der Waals surface area (Å²) in [7, 11) is 1.50. The molecule has 1 atom stereocenters. The first-order valence-electron chi connectivity index (χ1n) is 6.15. The Hall–Kier alpha value is -1.56. The molecular formula is C14H18BrNO4. The van der Waals surface area contributed by atoms with Crippen molar-refractivity contribution in [1.82, 2.24) is 0 Å². The number of benzene rings is 1. The van der Waals surface area contributed by atoms with E-state index in [0.29, 0.717) is 11.4 Å². The Labute approximate surface area is 126 Å². The van der Waals surface area contributed by atoms with Crippen molar-refractivity contribution in [1.29, 1.82) is 0 Å². The lowest BCUT2D eigenvalue weighted by molar-refractivity contribution is -0.147. The summed E-state index contributed by atoms with van der Waals surface area (Å²) in [5.41, 5.74) is 1.40. The minimum Gasteiger partial charge on any atom is -0.495 e. The summed E-state index contributed by atoms with van der Waals surface area (Å²) >= 11 is 3.37. The molecule has 0 spiro atoms. The number of carbonyl (C=O) groups excluding carboxylic acids is 1. The van der Waals surface area contributed by atoms with Crippen LogP contribution in [0.1, 0.15) is 19.4 Å². The summed E-state index contributed by atoms with van der Waals surface area (Å²) in [6.45, 7) is 5.29. The molecule has 1 amide bonds.